The van der Waals surface area contributed by atoms with E-state index in [1.165, 1.54) is 5.56 Å². The maximum Gasteiger partial charge on any atom is 0.128 e. The third-order valence-corrected chi connectivity index (χ3v) is 5.43. The van der Waals surface area contributed by atoms with Crippen LogP contribution in [0.15, 0.2) is 28.1 Å². The predicted molar refractivity (Wildman–Crippen MR) is 88.0 cm³/mol. The van der Waals surface area contributed by atoms with Crippen molar-refractivity contribution < 1.29 is 4.39 Å². The van der Waals surface area contributed by atoms with Gasteiger partial charge in [-0.15, -0.1) is 11.3 Å². The highest BCUT2D eigenvalue weighted by molar-refractivity contribution is 9.11. The summed E-state index contributed by atoms with van der Waals surface area (Å²) in [5.74, 6) is -0.138. The van der Waals surface area contributed by atoms with Crippen molar-refractivity contribution in [3.05, 3.63) is 55.4 Å². The summed E-state index contributed by atoms with van der Waals surface area (Å²) >= 11 is 5.22. The standard InChI is InChI=1S/C16H19BrFNS/c1-4-7-19-15(14-9-11(3)16(17)20-14)12-6-5-10(2)8-13(12)18/h5-6,8-9,15,19H,4,7H2,1-3H3. The minimum absolute atomic E-state index is 0.0782. The maximum atomic E-state index is 14.3. The highest BCUT2D eigenvalue weighted by Crippen LogP contribution is 2.35. The first kappa shape index (κ1) is 15.7. The Balaban J connectivity index is 2.41. The molecule has 1 N–H and O–H groups in total. The smallest absolute Gasteiger partial charge is 0.128 e. The number of hydrogen-bond donors (Lipinski definition) is 1. The molecule has 20 heavy (non-hydrogen) atoms. The van der Waals surface area contributed by atoms with E-state index < -0.39 is 0 Å². The fourth-order valence-corrected chi connectivity index (χ4v) is 3.81. The molecule has 0 aliphatic heterocycles. The van der Waals surface area contributed by atoms with Crippen molar-refractivity contribution in [1.29, 1.82) is 0 Å². The molecule has 0 amide bonds. The molecule has 2 aromatic rings. The van der Waals surface area contributed by atoms with Crippen LogP contribution < -0.4 is 5.32 Å². The van der Waals surface area contributed by atoms with Crippen molar-refractivity contribution in [1.82, 2.24) is 5.32 Å². The second-order valence-corrected chi connectivity index (χ2v) is 7.42. The Hall–Kier alpha value is -0.710. The molecule has 0 spiro atoms. The lowest BCUT2D eigenvalue weighted by Gasteiger charge is -2.18. The Labute approximate surface area is 132 Å². The van der Waals surface area contributed by atoms with E-state index >= 15 is 0 Å². The van der Waals surface area contributed by atoms with Crippen molar-refractivity contribution in [3.63, 3.8) is 0 Å². The second-order valence-electron chi connectivity index (χ2n) is 5.02. The van der Waals surface area contributed by atoms with Gasteiger partial charge in [0, 0.05) is 10.4 Å². The van der Waals surface area contributed by atoms with Crippen LogP contribution in [0.4, 0.5) is 4.39 Å². The lowest BCUT2D eigenvalue weighted by Crippen LogP contribution is -2.23. The Bertz CT molecular complexity index is 575. The Morgan fingerprint density at radius 1 is 1.30 bits per heavy atom. The van der Waals surface area contributed by atoms with E-state index in [-0.39, 0.29) is 11.9 Å². The summed E-state index contributed by atoms with van der Waals surface area (Å²) in [6.07, 6.45) is 1.02. The van der Waals surface area contributed by atoms with Crippen molar-refractivity contribution in [2.45, 2.75) is 33.2 Å². The molecule has 0 fully saturated rings. The summed E-state index contributed by atoms with van der Waals surface area (Å²) in [6.45, 7) is 6.96. The quantitative estimate of drug-likeness (QED) is 0.761. The minimum Gasteiger partial charge on any atom is -0.306 e. The molecule has 2 rings (SSSR count). The molecular weight excluding hydrogens is 337 g/mol. The summed E-state index contributed by atoms with van der Waals surface area (Å²) in [7, 11) is 0. The van der Waals surface area contributed by atoms with Gasteiger partial charge in [-0.2, -0.15) is 0 Å². The fourth-order valence-electron chi connectivity index (χ4n) is 2.14. The number of nitrogens with one attached hydrogen (secondary N) is 1. The third kappa shape index (κ3) is 3.48. The van der Waals surface area contributed by atoms with Crippen molar-refractivity contribution >= 4 is 27.3 Å². The van der Waals surface area contributed by atoms with Crippen LogP contribution >= 0.6 is 27.3 Å². The average Bonchev–Trinajstić information content (AvgIpc) is 2.72. The molecule has 1 nitrogen and oxygen atoms in total. The number of thiophene rings is 1. The molecule has 1 atom stereocenters. The van der Waals surface area contributed by atoms with Crippen LogP contribution in [-0.2, 0) is 0 Å². The van der Waals surface area contributed by atoms with E-state index in [0.29, 0.717) is 0 Å². The largest absolute Gasteiger partial charge is 0.306 e. The topological polar surface area (TPSA) is 12.0 Å². The molecule has 0 saturated carbocycles. The first-order chi connectivity index (χ1) is 9.52. The Morgan fingerprint density at radius 2 is 2.05 bits per heavy atom. The van der Waals surface area contributed by atoms with Crippen molar-refractivity contribution in [2.24, 2.45) is 0 Å². The zero-order valence-electron chi connectivity index (χ0n) is 12.0. The molecule has 1 unspecified atom stereocenters. The SMILES string of the molecule is CCCNC(c1cc(C)c(Br)s1)c1ccc(C)cc1F. The van der Waals surface area contributed by atoms with E-state index in [1.54, 1.807) is 17.4 Å². The fraction of sp³-hybridized carbons (Fsp3) is 0.375. The van der Waals surface area contributed by atoms with Gasteiger partial charge in [0.05, 0.1) is 9.83 Å². The van der Waals surface area contributed by atoms with Gasteiger partial charge in [-0.05, 0) is 66.0 Å². The van der Waals surface area contributed by atoms with Crippen molar-refractivity contribution in [3.8, 4) is 0 Å². The van der Waals surface area contributed by atoms with Crippen LogP contribution in [0.2, 0.25) is 0 Å². The number of rotatable bonds is 5. The molecule has 1 aromatic carbocycles. The molecule has 108 valence electrons. The van der Waals surface area contributed by atoms with Crippen LogP contribution in [0.3, 0.4) is 0 Å². The van der Waals surface area contributed by atoms with E-state index in [2.05, 4.69) is 41.2 Å². The van der Waals surface area contributed by atoms with Gasteiger partial charge in [-0.3, -0.25) is 0 Å². The molecule has 0 bridgehead atoms. The Morgan fingerprint density at radius 3 is 2.60 bits per heavy atom. The number of hydrogen-bond acceptors (Lipinski definition) is 2. The van der Waals surface area contributed by atoms with Crippen LogP contribution in [0, 0.1) is 19.7 Å². The van der Waals surface area contributed by atoms with Crippen molar-refractivity contribution in [2.75, 3.05) is 6.54 Å². The zero-order chi connectivity index (χ0) is 14.7. The van der Waals surface area contributed by atoms with E-state index in [4.69, 9.17) is 0 Å². The first-order valence-corrected chi connectivity index (χ1v) is 8.39. The van der Waals surface area contributed by atoms with E-state index in [1.807, 2.05) is 19.1 Å². The lowest BCUT2D eigenvalue weighted by molar-refractivity contribution is 0.550. The zero-order valence-corrected chi connectivity index (χ0v) is 14.4. The van der Waals surface area contributed by atoms with Gasteiger partial charge < -0.3 is 5.32 Å². The molecule has 0 aliphatic carbocycles. The lowest BCUT2D eigenvalue weighted by atomic mass is 10.0. The summed E-state index contributed by atoms with van der Waals surface area (Å²) in [4.78, 5) is 1.14. The van der Waals surface area contributed by atoms with Crippen LogP contribution in [0.5, 0.6) is 0 Å². The first-order valence-electron chi connectivity index (χ1n) is 6.78. The van der Waals surface area contributed by atoms with Crippen LogP contribution in [0.1, 0.15) is 41.0 Å². The van der Waals surface area contributed by atoms with Gasteiger partial charge >= 0.3 is 0 Å². The molecule has 4 heteroatoms. The highest BCUT2D eigenvalue weighted by Gasteiger charge is 2.20. The third-order valence-electron chi connectivity index (χ3n) is 3.23. The molecule has 0 radical (unpaired) electrons. The monoisotopic (exact) mass is 355 g/mol. The number of aryl methyl sites for hydroxylation is 2. The second kappa shape index (κ2) is 6.83. The normalized spacial score (nSPS) is 12.7. The number of halogens is 2. The highest BCUT2D eigenvalue weighted by atomic mass is 79.9. The summed E-state index contributed by atoms with van der Waals surface area (Å²) < 4.78 is 15.4. The van der Waals surface area contributed by atoms with Gasteiger partial charge in [0.1, 0.15) is 5.82 Å². The molecule has 0 aliphatic rings. The van der Waals surface area contributed by atoms with Gasteiger partial charge in [0.2, 0.25) is 0 Å². The Kier molecular flexibility index (Phi) is 5.35. The number of benzene rings is 1. The molecular formula is C16H19BrFNS. The van der Waals surface area contributed by atoms with Gasteiger partial charge in [-0.25, -0.2) is 4.39 Å². The summed E-state index contributed by atoms with van der Waals surface area (Å²) in [5, 5.41) is 3.45. The van der Waals surface area contributed by atoms with Gasteiger partial charge in [-0.1, -0.05) is 19.1 Å². The average molecular weight is 356 g/mol. The summed E-state index contributed by atoms with van der Waals surface area (Å²) in [5.41, 5.74) is 2.86. The predicted octanol–water partition coefficient (Wildman–Crippen LogP) is 5.36. The minimum atomic E-state index is -0.138. The van der Waals surface area contributed by atoms with E-state index in [9.17, 15) is 4.39 Å². The van der Waals surface area contributed by atoms with Crippen LogP contribution in [-0.4, -0.2) is 6.54 Å². The van der Waals surface area contributed by atoms with Gasteiger partial charge in [0.15, 0.2) is 0 Å². The van der Waals surface area contributed by atoms with E-state index in [0.717, 1.165) is 32.8 Å². The molecule has 1 heterocycles. The van der Waals surface area contributed by atoms with Gasteiger partial charge in [0.25, 0.3) is 0 Å². The molecule has 1 aromatic heterocycles. The maximum absolute atomic E-state index is 14.3. The molecule has 0 saturated heterocycles. The summed E-state index contributed by atoms with van der Waals surface area (Å²) in [6, 6.07) is 7.51. The van der Waals surface area contributed by atoms with Crippen LogP contribution in [0.25, 0.3) is 0 Å².